The fourth-order valence-electron chi connectivity index (χ4n) is 3.25. The number of benzene rings is 1. The van der Waals surface area contributed by atoms with Crippen molar-refractivity contribution in [1.82, 2.24) is 25.4 Å². The molecule has 0 bridgehead atoms. The summed E-state index contributed by atoms with van der Waals surface area (Å²) in [6.07, 6.45) is 3.77. The molecule has 0 amide bonds. The summed E-state index contributed by atoms with van der Waals surface area (Å²) in [6, 6.07) is 5.96. The van der Waals surface area contributed by atoms with E-state index >= 15 is 0 Å². The Kier molecular flexibility index (Phi) is 6.96. The Morgan fingerprint density at radius 2 is 2.22 bits per heavy atom. The number of hydrogen-bond acceptors (Lipinski definition) is 3. The van der Waals surface area contributed by atoms with Crippen LogP contribution in [0, 0.1) is 6.92 Å². The predicted molar refractivity (Wildman–Crippen MR) is 111 cm³/mol. The summed E-state index contributed by atoms with van der Waals surface area (Å²) in [5.41, 5.74) is 1.11. The monoisotopic (exact) mass is 408 g/mol. The summed E-state index contributed by atoms with van der Waals surface area (Å²) in [5.74, 6) is 2.77. The molecular weight excluding hydrogens is 383 g/mol. The van der Waals surface area contributed by atoms with Crippen molar-refractivity contribution in [2.24, 2.45) is 4.99 Å². The van der Waals surface area contributed by atoms with Gasteiger partial charge in [-0.2, -0.15) is 5.10 Å². The van der Waals surface area contributed by atoms with Crippen LogP contribution >= 0.6 is 23.2 Å². The molecule has 27 heavy (non-hydrogen) atoms. The molecule has 1 unspecified atom stereocenters. The van der Waals surface area contributed by atoms with Gasteiger partial charge in [-0.25, -0.2) is 9.67 Å². The predicted octanol–water partition coefficient (Wildman–Crippen LogP) is 3.40. The van der Waals surface area contributed by atoms with Gasteiger partial charge in [0.2, 0.25) is 0 Å². The second-order valence-electron chi connectivity index (χ2n) is 6.74. The van der Waals surface area contributed by atoms with Crippen LogP contribution in [0.1, 0.15) is 37.0 Å². The summed E-state index contributed by atoms with van der Waals surface area (Å²) < 4.78 is 2.00. The Labute approximate surface area is 170 Å². The highest BCUT2D eigenvalue weighted by Gasteiger charge is 2.21. The topological polar surface area (TPSA) is 67.1 Å². The van der Waals surface area contributed by atoms with Crippen molar-refractivity contribution in [3.05, 3.63) is 45.5 Å². The van der Waals surface area contributed by atoms with Crippen molar-refractivity contribution in [3.8, 4) is 0 Å². The average Bonchev–Trinajstić information content (AvgIpc) is 2.99. The van der Waals surface area contributed by atoms with E-state index in [0.29, 0.717) is 11.1 Å². The minimum atomic E-state index is 0.308. The van der Waals surface area contributed by atoms with E-state index < -0.39 is 0 Å². The molecule has 146 valence electrons. The van der Waals surface area contributed by atoms with Crippen molar-refractivity contribution in [2.75, 3.05) is 13.1 Å². The first-order chi connectivity index (χ1) is 13.0. The third-order valence-corrected chi connectivity index (χ3v) is 5.13. The van der Waals surface area contributed by atoms with Crippen molar-refractivity contribution < 1.29 is 0 Å². The molecule has 0 saturated carbocycles. The molecule has 0 radical (unpaired) electrons. The minimum Gasteiger partial charge on any atom is -0.357 e. The smallest absolute Gasteiger partial charge is 0.191 e. The molecule has 0 spiro atoms. The third-order valence-electron chi connectivity index (χ3n) is 4.54. The highest BCUT2D eigenvalue weighted by atomic mass is 35.5. The second kappa shape index (κ2) is 9.42. The first-order valence-electron chi connectivity index (χ1n) is 9.44. The molecule has 3 rings (SSSR count). The molecule has 1 aliphatic rings. The van der Waals surface area contributed by atoms with Crippen molar-refractivity contribution >= 4 is 29.2 Å². The Bertz CT molecular complexity index is 801. The second-order valence-corrected chi connectivity index (χ2v) is 7.58. The standard InChI is InChI=1S/C19H26Cl2N6/c1-3-22-19(23-10-4-5-14-6-7-15(20)11-17(14)21)25-16-8-9-18-24-13(2)26-27(18)12-16/h6-7,11,16H,3-5,8-10,12H2,1-2H3,(H2,22,23,25). The number of nitrogens with one attached hydrogen (secondary N) is 2. The van der Waals surface area contributed by atoms with Crippen LogP contribution in [-0.4, -0.2) is 39.9 Å². The minimum absolute atomic E-state index is 0.308. The number of fused-ring (bicyclic) bond motifs is 1. The van der Waals surface area contributed by atoms with Gasteiger partial charge >= 0.3 is 0 Å². The van der Waals surface area contributed by atoms with E-state index in [1.54, 1.807) is 6.07 Å². The quantitative estimate of drug-likeness (QED) is 0.436. The van der Waals surface area contributed by atoms with Crippen LogP contribution in [0.3, 0.4) is 0 Å². The number of hydrogen-bond donors (Lipinski definition) is 2. The zero-order valence-corrected chi connectivity index (χ0v) is 17.3. The van der Waals surface area contributed by atoms with Gasteiger partial charge in [0.05, 0.1) is 6.54 Å². The van der Waals surface area contributed by atoms with E-state index in [0.717, 1.165) is 73.5 Å². The Morgan fingerprint density at radius 1 is 1.37 bits per heavy atom. The van der Waals surface area contributed by atoms with Crippen LogP contribution in [0.4, 0.5) is 0 Å². The molecule has 6 nitrogen and oxygen atoms in total. The van der Waals surface area contributed by atoms with Gasteiger partial charge < -0.3 is 10.6 Å². The molecule has 0 aliphatic carbocycles. The van der Waals surface area contributed by atoms with Gasteiger partial charge in [-0.1, -0.05) is 29.3 Å². The molecule has 1 aliphatic heterocycles. The maximum Gasteiger partial charge on any atom is 0.191 e. The van der Waals surface area contributed by atoms with Crippen LogP contribution in [0.5, 0.6) is 0 Å². The van der Waals surface area contributed by atoms with E-state index in [-0.39, 0.29) is 0 Å². The summed E-state index contributed by atoms with van der Waals surface area (Å²) in [5, 5.41) is 12.7. The zero-order chi connectivity index (χ0) is 19.2. The van der Waals surface area contributed by atoms with E-state index in [9.17, 15) is 0 Å². The van der Waals surface area contributed by atoms with Gasteiger partial charge in [-0.05, 0) is 50.8 Å². The maximum atomic E-state index is 6.23. The number of halogens is 2. The Balaban J connectivity index is 1.52. The number of guanidine groups is 1. The van der Waals surface area contributed by atoms with Gasteiger partial charge in [-0.15, -0.1) is 0 Å². The van der Waals surface area contributed by atoms with Crippen LogP contribution in [0.25, 0.3) is 0 Å². The normalized spacial score (nSPS) is 16.9. The lowest BCUT2D eigenvalue weighted by atomic mass is 10.1. The number of aliphatic imine (C=N–C) groups is 1. The molecule has 2 heterocycles. The molecular formula is C19H26Cl2N6. The molecule has 0 saturated heterocycles. The van der Waals surface area contributed by atoms with Crippen molar-refractivity contribution in [3.63, 3.8) is 0 Å². The lowest BCUT2D eigenvalue weighted by Crippen LogP contribution is -2.47. The van der Waals surface area contributed by atoms with E-state index in [2.05, 4.69) is 27.6 Å². The molecule has 1 aromatic carbocycles. The van der Waals surface area contributed by atoms with E-state index in [4.69, 9.17) is 28.2 Å². The van der Waals surface area contributed by atoms with Crippen LogP contribution < -0.4 is 10.6 Å². The Morgan fingerprint density at radius 3 is 3.00 bits per heavy atom. The lowest BCUT2D eigenvalue weighted by molar-refractivity contribution is 0.392. The van der Waals surface area contributed by atoms with Crippen LogP contribution in [-0.2, 0) is 19.4 Å². The van der Waals surface area contributed by atoms with Crippen LogP contribution in [0.2, 0.25) is 10.0 Å². The van der Waals surface area contributed by atoms with Gasteiger partial charge in [-0.3, -0.25) is 4.99 Å². The lowest BCUT2D eigenvalue weighted by Gasteiger charge is -2.25. The summed E-state index contributed by atoms with van der Waals surface area (Å²) in [4.78, 5) is 9.17. The first kappa shape index (κ1) is 20.0. The summed E-state index contributed by atoms with van der Waals surface area (Å²) >= 11 is 12.2. The SMILES string of the molecule is CCNC(=NCCCc1ccc(Cl)cc1Cl)NC1CCc2nc(C)nn2C1. The molecule has 2 aromatic rings. The number of aryl methyl sites for hydroxylation is 3. The molecule has 1 atom stereocenters. The molecule has 1 aromatic heterocycles. The van der Waals surface area contributed by atoms with Crippen molar-refractivity contribution in [2.45, 2.75) is 52.1 Å². The number of rotatable bonds is 6. The number of nitrogens with zero attached hydrogens (tertiary/aromatic N) is 4. The Hall–Kier alpha value is -1.79. The zero-order valence-electron chi connectivity index (χ0n) is 15.8. The highest BCUT2D eigenvalue weighted by molar-refractivity contribution is 6.35. The van der Waals surface area contributed by atoms with Crippen molar-refractivity contribution in [1.29, 1.82) is 0 Å². The highest BCUT2D eigenvalue weighted by Crippen LogP contribution is 2.22. The van der Waals surface area contributed by atoms with E-state index in [1.807, 2.05) is 23.7 Å². The molecule has 0 fully saturated rings. The van der Waals surface area contributed by atoms with Gasteiger partial charge in [0.1, 0.15) is 11.6 Å². The van der Waals surface area contributed by atoms with Crippen LogP contribution in [0.15, 0.2) is 23.2 Å². The van der Waals surface area contributed by atoms with Gasteiger partial charge in [0.15, 0.2) is 5.96 Å². The maximum absolute atomic E-state index is 6.23. The third kappa shape index (κ3) is 5.59. The fraction of sp³-hybridized carbons (Fsp3) is 0.526. The average molecular weight is 409 g/mol. The molecule has 8 heteroatoms. The van der Waals surface area contributed by atoms with E-state index in [1.165, 1.54) is 0 Å². The van der Waals surface area contributed by atoms with Gasteiger partial charge in [0, 0.05) is 35.6 Å². The molecule has 2 N–H and O–H groups in total. The first-order valence-corrected chi connectivity index (χ1v) is 10.2. The van der Waals surface area contributed by atoms with Gasteiger partial charge in [0.25, 0.3) is 0 Å². The summed E-state index contributed by atoms with van der Waals surface area (Å²) in [7, 11) is 0. The number of aromatic nitrogens is 3. The largest absolute Gasteiger partial charge is 0.357 e. The summed E-state index contributed by atoms with van der Waals surface area (Å²) in [6.45, 7) is 6.39. The fourth-order valence-corrected chi connectivity index (χ4v) is 3.75.